The Labute approximate surface area is 112 Å². The number of cyclic esters (lactones) is 2. The number of rotatable bonds is 1. The molecular formula is C13H20O6. The van der Waals surface area contributed by atoms with Crippen molar-refractivity contribution in [1.29, 1.82) is 0 Å². The van der Waals surface area contributed by atoms with E-state index in [9.17, 15) is 9.59 Å². The van der Waals surface area contributed by atoms with Crippen LogP contribution in [0.1, 0.15) is 41.0 Å². The van der Waals surface area contributed by atoms with Gasteiger partial charge in [0, 0.05) is 19.8 Å². The first-order valence-electron chi connectivity index (χ1n) is 6.50. The molecule has 6 heteroatoms. The fourth-order valence-corrected chi connectivity index (χ4v) is 2.60. The van der Waals surface area contributed by atoms with Crippen molar-refractivity contribution in [2.75, 3.05) is 0 Å². The van der Waals surface area contributed by atoms with Crippen LogP contribution in [0, 0.1) is 11.8 Å². The summed E-state index contributed by atoms with van der Waals surface area (Å²) >= 11 is 0. The van der Waals surface area contributed by atoms with Crippen LogP contribution in [-0.2, 0) is 28.8 Å². The van der Waals surface area contributed by atoms with E-state index in [1.807, 2.05) is 20.8 Å². The molecule has 0 unspecified atom stereocenters. The van der Waals surface area contributed by atoms with Crippen molar-refractivity contribution in [2.24, 2.45) is 11.8 Å². The summed E-state index contributed by atoms with van der Waals surface area (Å²) in [7, 11) is 0. The van der Waals surface area contributed by atoms with Gasteiger partial charge in [-0.2, -0.15) is 0 Å². The van der Waals surface area contributed by atoms with Crippen molar-refractivity contribution in [1.82, 2.24) is 0 Å². The summed E-state index contributed by atoms with van der Waals surface area (Å²) < 4.78 is 10.3. The number of hydrogen-bond donors (Lipinski definition) is 0. The molecule has 0 aromatic carbocycles. The fourth-order valence-electron chi connectivity index (χ4n) is 2.60. The monoisotopic (exact) mass is 272 g/mol. The van der Waals surface area contributed by atoms with E-state index >= 15 is 0 Å². The van der Waals surface area contributed by atoms with E-state index in [0.717, 1.165) is 0 Å². The summed E-state index contributed by atoms with van der Waals surface area (Å²) in [6.45, 7) is 8.69. The minimum absolute atomic E-state index is 0.0488. The first-order valence-corrected chi connectivity index (χ1v) is 6.50. The number of esters is 2. The molecule has 0 aromatic heterocycles. The molecule has 0 bridgehead atoms. The molecule has 0 saturated carbocycles. The molecule has 2 atom stereocenters. The average Bonchev–Trinajstić information content (AvgIpc) is 2.25. The van der Waals surface area contributed by atoms with Crippen molar-refractivity contribution < 1.29 is 28.8 Å². The highest BCUT2D eigenvalue weighted by Gasteiger charge is 2.65. The Kier molecular flexibility index (Phi) is 3.35. The zero-order valence-corrected chi connectivity index (χ0v) is 11.9. The maximum atomic E-state index is 12.3. The Morgan fingerprint density at radius 3 is 2.16 bits per heavy atom. The van der Waals surface area contributed by atoms with Crippen molar-refractivity contribution in [2.45, 2.75) is 58.5 Å². The predicted octanol–water partition coefficient (Wildman–Crippen LogP) is 1.57. The normalized spacial score (nSPS) is 33.2. The Morgan fingerprint density at radius 1 is 1.16 bits per heavy atom. The van der Waals surface area contributed by atoms with Gasteiger partial charge in [0.1, 0.15) is 0 Å². The van der Waals surface area contributed by atoms with Gasteiger partial charge in [-0.1, -0.05) is 13.8 Å². The predicted molar refractivity (Wildman–Crippen MR) is 63.6 cm³/mol. The van der Waals surface area contributed by atoms with Crippen LogP contribution >= 0.6 is 0 Å². The van der Waals surface area contributed by atoms with Crippen LogP contribution in [0.3, 0.4) is 0 Å². The van der Waals surface area contributed by atoms with Gasteiger partial charge in [-0.25, -0.2) is 19.4 Å². The molecule has 2 aliphatic heterocycles. The Bertz CT molecular complexity index is 380. The smallest absolute Gasteiger partial charge is 0.357 e. The molecule has 0 aliphatic carbocycles. The van der Waals surface area contributed by atoms with E-state index < -0.39 is 23.3 Å². The quantitative estimate of drug-likeness (QED) is 0.410. The van der Waals surface area contributed by atoms with Crippen LogP contribution in [0.15, 0.2) is 0 Å². The zero-order chi connectivity index (χ0) is 14.4. The topological polar surface area (TPSA) is 71.1 Å². The lowest BCUT2D eigenvalue weighted by Gasteiger charge is -2.46. The molecule has 2 heterocycles. The molecular weight excluding hydrogens is 252 g/mol. The van der Waals surface area contributed by atoms with E-state index in [2.05, 4.69) is 0 Å². The van der Waals surface area contributed by atoms with Crippen LogP contribution in [0.4, 0.5) is 0 Å². The Hall–Kier alpha value is -1.14. The third kappa shape index (κ3) is 2.23. The molecule has 0 N–H and O–H groups in total. The molecule has 2 fully saturated rings. The first kappa shape index (κ1) is 14.3. The highest BCUT2D eigenvalue weighted by atomic mass is 17.2. The third-order valence-corrected chi connectivity index (χ3v) is 3.54. The minimum Gasteiger partial charge on any atom is -0.420 e. The Morgan fingerprint density at radius 2 is 1.68 bits per heavy atom. The average molecular weight is 272 g/mol. The molecule has 19 heavy (non-hydrogen) atoms. The van der Waals surface area contributed by atoms with Crippen molar-refractivity contribution >= 4 is 11.9 Å². The van der Waals surface area contributed by atoms with Crippen molar-refractivity contribution in [3.8, 4) is 0 Å². The van der Waals surface area contributed by atoms with Crippen LogP contribution < -0.4 is 0 Å². The van der Waals surface area contributed by atoms with Gasteiger partial charge < -0.3 is 9.47 Å². The summed E-state index contributed by atoms with van der Waals surface area (Å²) in [6, 6.07) is 0. The lowest BCUT2D eigenvalue weighted by atomic mass is 9.75. The Balaban J connectivity index is 2.39. The van der Waals surface area contributed by atoms with Gasteiger partial charge in [-0.15, -0.1) is 0 Å². The zero-order valence-electron chi connectivity index (χ0n) is 11.9. The molecule has 2 rings (SSSR count). The van der Waals surface area contributed by atoms with Crippen LogP contribution in [0.25, 0.3) is 0 Å². The van der Waals surface area contributed by atoms with E-state index in [1.165, 1.54) is 13.8 Å². The second-order valence-corrected chi connectivity index (χ2v) is 5.99. The maximum Gasteiger partial charge on any atom is 0.357 e. The molecule has 6 nitrogen and oxygen atoms in total. The van der Waals surface area contributed by atoms with Gasteiger partial charge in [0.15, 0.2) is 0 Å². The highest BCUT2D eigenvalue weighted by Crippen LogP contribution is 2.43. The molecule has 1 spiro atoms. The molecule has 2 saturated heterocycles. The summed E-state index contributed by atoms with van der Waals surface area (Å²) in [6.07, 6.45) is 0.344. The lowest BCUT2D eigenvalue weighted by Crippen LogP contribution is -2.66. The van der Waals surface area contributed by atoms with Gasteiger partial charge >= 0.3 is 11.9 Å². The standard InChI is InChI=1S/C13H20O6/c1-7(2)9-6-8(3)18-19-13(9)10(14)16-12(4,5)17-11(13)15/h7-9H,6H2,1-5H3/t8-,9-/m1/s1. The van der Waals surface area contributed by atoms with Gasteiger partial charge in [-0.05, 0) is 19.3 Å². The van der Waals surface area contributed by atoms with Gasteiger partial charge in [0.05, 0.1) is 6.10 Å². The number of hydrogen-bond acceptors (Lipinski definition) is 6. The number of carbonyl (C=O) groups is 2. The van der Waals surface area contributed by atoms with Crippen LogP contribution in [0.2, 0.25) is 0 Å². The van der Waals surface area contributed by atoms with E-state index in [1.54, 1.807) is 0 Å². The minimum atomic E-state index is -1.80. The van der Waals surface area contributed by atoms with Gasteiger partial charge in [0.2, 0.25) is 0 Å². The largest absolute Gasteiger partial charge is 0.420 e. The van der Waals surface area contributed by atoms with Crippen LogP contribution in [-0.4, -0.2) is 29.4 Å². The SMILES string of the molecule is CC(C)[C@H]1C[C@@H](C)OOC12C(=O)OC(C)(C)OC2=O. The summed E-state index contributed by atoms with van der Waals surface area (Å²) in [5, 5.41) is 0. The summed E-state index contributed by atoms with van der Waals surface area (Å²) in [4.78, 5) is 34.8. The van der Waals surface area contributed by atoms with Crippen molar-refractivity contribution in [3.63, 3.8) is 0 Å². The second-order valence-electron chi connectivity index (χ2n) is 5.99. The second kappa shape index (κ2) is 4.45. The van der Waals surface area contributed by atoms with E-state index in [0.29, 0.717) is 6.42 Å². The molecule has 0 aromatic rings. The van der Waals surface area contributed by atoms with E-state index in [4.69, 9.17) is 19.2 Å². The maximum absolute atomic E-state index is 12.3. The number of carbonyl (C=O) groups excluding carboxylic acids is 2. The summed E-state index contributed by atoms with van der Waals surface area (Å²) in [5.41, 5.74) is -1.80. The third-order valence-electron chi connectivity index (χ3n) is 3.54. The first-order chi connectivity index (χ1) is 8.69. The lowest BCUT2D eigenvalue weighted by molar-refractivity contribution is -0.418. The number of ether oxygens (including phenoxy) is 2. The summed E-state index contributed by atoms with van der Waals surface area (Å²) in [5.74, 6) is -3.04. The van der Waals surface area contributed by atoms with E-state index in [-0.39, 0.29) is 17.9 Å². The van der Waals surface area contributed by atoms with Crippen LogP contribution in [0.5, 0.6) is 0 Å². The van der Waals surface area contributed by atoms with Crippen molar-refractivity contribution in [3.05, 3.63) is 0 Å². The molecule has 108 valence electrons. The molecule has 0 amide bonds. The highest BCUT2D eigenvalue weighted by molar-refractivity contribution is 6.05. The molecule has 0 radical (unpaired) electrons. The fraction of sp³-hybridized carbons (Fsp3) is 0.846. The van der Waals surface area contributed by atoms with Gasteiger partial charge in [0.25, 0.3) is 11.4 Å². The molecule has 2 aliphatic rings. The van der Waals surface area contributed by atoms with Gasteiger partial charge in [-0.3, -0.25) is 0 Å².